The molecule has 7 heteroatoms. The topological polar surface area (TPSA) is 106 Å². The molecule has 0 aliphatic rings. The number of carbonyl (C=O) groups excluding carboxylic acids is 1. The van der Waals surface area contributed by atoms with Crippen molar-refractivity contribution in [3.05, 3.63) is 32.1 Å². The average Bonchev–Trinajstić information content (AvgIpc) is 2.33. The Balaban J connectivity index is 2.77. The molecule has 0 atom stereocenters. The Bertz CT molecular complexity index is 610. The van der Waals surface area contributed by atoms with Crippen molar-refractivity contribution in [3.8, 4) is 0 Å². The minimum absolute atomic E-state index is 0.135. The highest BCUT2D eigenvalue weighted by Gasteiger charge is 2.21. The van der Waals surface area contributed by atoms with Crippen LogP contribution in [0.5, 0.6) is 0 Å². The van der Waals surface area contributed by atoms with Crippen LogP contribution in [0.1, 0.15) is 38.4 Å². The summed E-state index contributed by atoms with van der Waals surface area (Å²) in [5.74, 6) is -0.135. The highest BCUT2D eigenvalue weighted by Crippen LogP contribution is 2.08. The first kappa shape index (κ1) is 17.2. The summed E-state index contributed by atoms with van der Waals surface area (Å²) in [5, 5.41) is 9.78. The number of rotatable bonds is 6. The van der Waals surface area contributed by atoms with Crippen LogP contribution in [0.2, 0.25) is 0 Å². The van der Waals surface area contributed by atoms with Gasteiger partial charge in [-0.1, -0.05) is 0 Å². The van der Waals surface area contributed by atoms with Crippen molar-refractivity contribution in [1.82, 2.24) is 14.9 Å². The van der Waals surface area contributed by atoms with Gasteiger partial charge in [-0.3, -0.25) is 14.6 Å². The number of hydrogen-bond acceptors (Lipinski definition) is 4. The molecule has 0 aromatic carbocycles. The van der Waals surface area contributed by atoms with E-state index in [0.29, 0.717) is 17.8 Å². The first-order chi connectivity index (χ1) is 9.64. The van der Waals surface area contributed by atoms with Crippen molar-refractivity contribution < 1.29 is 9.90 Å². The summed E-state index contributed by atoms with van der Waals surface area (Å²) in [4.78, 5) is 41.2. The molecule has 1 rings (SSSR count). The third-order valence-electron chi connectivity index (χ3n) is 3.16. The van der Waals surface area contributed by atoms with Gasteiger partial charge in [-0.25, -0.2) is 4.79 Å². The molecule has 7 nitrogen and oxygen atoms in total. The third kappa shape index (κ3) is 5.18. The van der Waals surface area contributed by atoms with Gasteiger partial charge in [-0.05, 0) is 34.1 Å². The molecule has 1 heterocycles. The molecule has 0 unspecified atom stereocenters. The molecule has 0 radical (unpaired) electrons. The molecule has 1 amide bonds. The lowest BCUT2D eigenvalue weighted by molar-refractivity contribution is -0.133. The second-order valence-electron chi connectivity index (χ2n) is 5.73. The Morgan fingerprint density at radius 1 is 1.29 bits per heavy atom. The summed E-state index contributed by atoms with van der Waals surface area (Å²) >= 11 is 0. The van der Waals surface area contributed by atoms with Gasteiger partial charge in [0.25, 0.3) is 5.56 Å². The maximum atomic E-state index is 12.1. The molecule has 0 saturated carbocycles. The first-order valence-corrected chi connectivity index (χ1v) is 6.96. The number of aryl methyl sites for hydroxylation is 1. The van der Waals surface area contributed by atoms with E-state index in [1.54, 1.807) is 25.7 Å². The molecular weight excluding hydrogens is 274 g/mol. The van der Waals surface area contributed by atoms with Crippen LogP contribution in [0.15, 0.2) is 9.59 Å². The normalized spacial score (nSPS) is 11.5. The van der Waals surface area contributed by atoms with Gasteiger partial charge in [0.1, 0.15) is 0 Å². The molecule has 1 aromatic heterocycles. The fourth-order valence-electron chi connectivity index (χ4n) is 2.16. The number of nitrogens with one attached hydrogen (secondary N) is 2. The standard InChI is InChI=1S/C14H23N3O4/c1-5-17(8-14(3,4)21)11(18)7-6-10-9(2)15-13(20)16-12(10)19/h21H,5-8H2,1-4H3,(H2,15,16,19,20). The van der Waals surface area contributed by atoms with Crippen LogP contribution in [0.25, 0.3) is 0 Å². The number of aromatic nitrogens is 2. The van der Waals surface area contributed by atoms with E-state index in [0.717, 1.165) is 0 Å². The van der Waals surface area contributed by atoms with Gasteiger partial charge < -0.3 is 15.0 Å². The fourth-order valence-corrected chi connectivity index (χ4v) is 2.16. The lowest BCUT2D eigenvalue weighted by Gasteiger charge is -2.28. The lowest BCUT2D eigenvalue weighted by Crippen LogP contribution is -2.42. The Morgan fingerprint density at radius 2 is 1.90 bits per heavy atom. The smallest absolute Gasteiger partial charge is 0.325 e. The maximum absolute atomic E-state index is 12.1. The molecule has 0 bridgehead atoms. The van der Waals surface area contributed by atoms with Crippen molar-refractivity contribution in [1.29, 1.82) is 0 Å². The number of amides is 1. The monoisotopic (exact) mass is 297 g/mol. The van der Waals surface area contributed by atoms with Crippen molar-refractivity contribution in [2.75, 3.05) is 13.1 Å². The number of aromatic amines is 2. The van der Waals surface area contributed by atoms with Crippen LogP contribution in [-0.4, -0.2) is 44.6 Å². The molecule has 118 valence electrons. The summed E-state index contributed by atoms with van der Waals surface area (Å²) in [6.45, 7) is 7.47. The maximum Gasteiger partial charge on any atom is 0.325 e. The minimum atomic E-state index is -0.961. The largest absolute Gasteiger partial charge is 0.389 e. The molecule has 0 aliphatic carbocycles. The Hall–Kier alpha value is -1.89. The number of H-pyrrole nitrogens is 2. The van der Waals surface area contributed by atoms with Crippen LogP contribution < -0.4 is 11.2 Å². The molecule has 1 aromatic rings. The van der Waals surface area contributed by atoms with Gasteiger partial charge in [-0.15, -0.1) is 0 Å². The zero-order chi connectivity index (χ0) is 16.2. The number of nitrogens with zero attached hydrogens (tertiary/aromatic N) is 1. The number of carbonyl (C=O) groups is 1. The summed E-state index contributed by atoms with van der Waals surface area (Å²) in [6, 6.07) is 0. The van der Waals surface area contributed by atoms with Crippen molar-refractivity contribution in [2.24, 2.45) is 0 Å². The lowest BCUT2D eigenvalue weighted by atomic mass is 10.1. The second kappa shape index (κ2) is 6.71. The van der Waals surface area contributed by atoms with E-state index in [4.69, 9.17) is 0 Å². The van der Waals surface area contributed by atoms with E-state index < -0.39 is 16.9 Å². The van der Waals surface area contributed by atoms with E-state index in [9.17, 15) is 19.5 Å². The van der Waals surface area contributed by atoms with E-state index >= 15 is 0 Å². The van der Waals surface area contributed by atoms with E-state index in [1.165, 1.54) is 0 Å². The van der Waals surface area contributed by atoms with Crippen molar-refractivity contribution in [2.45, 2.75) is 46.1 Å². The minimum Gasteiger partial charge on any atom is -0.389 e. The quantitative estimate of drug-likeness (QED) is 0.683. The number of likely N-dealkylation sites (N-methyl/N-ethyl adjacent to an activating group) is 1. The number of hydrogen-bond donors (Lipinski definition) is 3. The average molecular weight is 297 g/mol. The van der Waals surface area contributed by atoms with E-state index in [2.05, 4.69) is 9.97 Å². The number of aliphatic hydroxyl groups is 1. The van der Waals surface area contributed by atoms with Gasteiger partial charge in [0, 0.05) is 30.8 Å². The van der Waals surface area contributed by atoms with Gasteiger partial charge in [-0.2, -0.15) is 0 Å². The van der Waals surface area contributed by atoms with Crippen molar-refractivity contribution in [3.63, 3.8) is 0 Å². The van der Waals surface area contributed by atoms with Crippen LogP contribution in [0.3, 0.4) is 0 Å². The van der Waals surface area contributed by atoms with Crippen LogP contribution >= 0.6 is 0 Å². The van der Waals surface area contributed by atoms with E-state index in [1.807, 2.05) is 6.92 Å². The fraction of sp³-hybridized carbons (Fsp3) is 0.643. The Kier molecular flexibility index (Phi) is 5.48. The molecule has 21 heavy (non-hydrogen) atoms. The highest BCUT2D eigenvalue weighted by molar-refractivity contribution is 5.76. The second-order valence-corrected chi connectivity index (χ2v) is 5.73. The van der Waals surface area contributed by atoms with Crippen LogP contribution in [0.4, 0.5) is 0 Å². The zero-order valence-corrected chi connectivity index (χ0v) is 12.9. The summed E-state index contributed by atoms with van der Waals surface area (Å²) in [5.41, 5.74) is -1.10. The van der Waals surface area contributed by atoms with Gasteiger partial charge in [0.05, 0.1) is 5.60 Å². The van der Waals surface area contributed by atoms with E-state index in [-0.39, 0.29) is 25.3 Å². The summed E-state index contributed by atoms with van der Waals surface area (Å²) in [7, 11) is 0. The Morgan fingerprint density at radius 3 is 2.38 bits per heavy atom. The summed E-state index contributed by atoms with van der Waals surface area (Å²) in [6.07, 6.45) is 0.402. The van der Waals surface area contributed by atoms with Gasteiger partial charge in [0.2, 0.25) is 5.91 Å². The van der Waals surface area contributed by atoms with Crippen LogP contribution in [0, 0.1) is 6.92 Å². The Labute approximate surface area is 123 Å². The molecular formula is C14H23N3O4. The predicted molar refractivity (Wildman–Crippen MR) is 79.3 cm³/mol. The molecule has 0 aliphatic heterocycles. The van der Waals surface area contributed by atoms with Gasteiger partial charge in [0.15, 0.2) is 0 Å². The zero-order valence-electron chi connectivity index (χ0n) is 12.9. The summed E-state index contributed by atoms with van der Waals surface area (Å²) < 4.78 is 0. The SMILES string of the molecule is CCN(CC(C)(C)O)C(=O)CCc1c(C)[nH]c(=O)[nH]c1=O. The van der Waals surface area contributed by atoms with Gasteiger partial charge >= 0.3 is 5.69 Å². The highest BCUT2D eigenvalue weighted by atomic mass is 16.3. The van der Waals surface area contributed by atoms with Crippen molar-refractivity contribution >= 4 is 5.91 Å². The third-order valence-corrected chi connectivity index (χ3v) is 3.16. The molecule has 0 fully saturated rings. The molecule has 3 N–H and O–H groups in total. The van der Waals surface area contributed by atoms with Crippen LogP contribution in [-0.2, 0) is 11.2 Å². The molecule has 0 spiro atoms. The molecule has 0 saturated heterocycles. The first-order valence-electron chi connectivity index (χ1n) is 6.96. The predicted octanol–water partition coefficient (Wildman–Crippen LogP) is -0.0764.